The number of methoxy groups -OCH3 is 1. The fourth-order valence-corrected chi connectivity index (χ4v) is 1.12. The molecule has 0 atom stereocenters. The number of imidazole rings is 1. The van der Waals surface area contributed by atoms with E-state index in [0.29, 0.717) is 11.1 Å². The summed E-state index contributed by atoms with van der Waals surface area (Å²) in [6.07, 6.45) is 2.59. The molecule has 2 aromatic rings. The monoisotopic (exact) mass is 198 g/mol. The molecule has 0 saturated heterocycles. The average Bonchev–Trinajstić information content (AvgIpc) is 2.63. The van der Waals surface area contributed by atoms with Crippen molar-refractivity contribution < 1.29 is 39.1 Å². The Morgan fingerprint density at radius 1 is 1.57 bits per heavy atom. The van der Waals surface area contributed by atoms with Gasteiger partial charge in [-0.05, 0) is 6.33 Å². The number of rotatable bonds is 1. The summed E-state index contributed by atoms with van der Waals surface area (Å²) >= 11 is 0. The van der Waals surface area contributed by atoms with E-state index in [1.807, 2.05) is 0 Å². The first-order valence-electron chi connectivity index (χ1n) is 3.75. The van der Waals surface area contributed by atoms with Gasteiger partial charge in [-0.1, -0.05) is 23.2 Å². The van der Waals surface area contributed by atoms with Crippen LogP contribution in [-0.4, -0.2) is 23.0 Å². The molecule has 1 heterocycles. The molecule has 1 aromatic heterocycles. The van der Waals surface area contributed by atoms with Gasteiger partial charge in [0.15, 0.2) is 0 Å². The molecular weight excluding hydrogens is 191 g/mol. The molecule has 14 heavy (non-hydrogen) atoms. The number of aromatic amines is 1. The van der Waals surface area contributed by atoms with E-state index in [-0.39, 0.29) is 35.5 Å². The second-order valence-corrected chi connectivity index (χ2v) is 2.57. The summed E-state index contributed by atoms with van der Waals surface area (Å²) in [6.45, 7) is 0. The van der Waals surface area contributed by atoms with Gasteiger partial charge in [-0.25, -0.2) is 4.79 Å². The third-order valence-corrected chi connectivity index (χ3v) is 1.79. The van der Waals surface area contributed by atoms with Crippen LogP contribution in [0.3, 0.4) is 0 Å². The fourth-order valence-electron chi connectivity index (χ4n) is 1.12. The molecule has 1 N–H and O–H groups in total. The molecule has 0 aliphatic rings. The largest absolute Gasteiger partial charge is 1.00 e. The number of carbonyl (C=O) groups is 1. The molecule has 0 unspecified atom stereocenters. The first-order chi connectivity index (χ1) is 6.31. The minimum absolute atomic E-state index is 0. The number of benzene rings is 1. The number of hydrogen-bond donors (Lipinski definition) is 1. The van der Waals surface area contributed by atoms with Crippen molar-refractivity contribution in [3.8, 4) is 0 Å². The maximum atomic E-state index is 11.1. The van der Waals surface area contributed by atoms with Gasteiger partial charge in [0.25, 0.3) is 0 Å². The molecule has 2 rings (SSSR count). The van der Waals surface area contributed by atoms with Gasteiger partial charge < -0.3 is 14.7 Å². The van der Waals surface area contributed by atoms with E-state index >= 15 is 0 Å². The van der Waals surface area contributed by atoms with E-state index in [0.717, 1.165) is 5.52 Å². The third-order valence-electron chi connectivity index (χ3n) is 1.79. The van der Waals surface area contributed by atoms with Crippen LogP contribution in [0.15, 0.2) is 18.2 Å². The number of esters is 1. The van der Waals surface area contributed by atoms with Crippen LogP contribution in [0.25, 0.3) is 11.0 Å². The Bertz CT molecular complexity index is 453. The van der Waals surface area contributed by atoms with Crippen LogP contribution in [-0.2, 0) is 4.74 Å². The SMILES string of the molecule is COC(=O)c1ccc2[nH][c-]nc2c1.[Na+]. The van der Waals surface area contributed by atoms with E-state index in [1.165, 1.54) is 7.11 Å². The van der Waals surface area contributed by atoms with E-state index in [2.05, 4.69) is 21.0 Å². The van der Waals surface area contributed by atoms with E-state index in [1.54, 1.807) is 18.2 Å². The quantitative estimate of drug-likeness (QED) is 0.332. The van der Waals surface area contributed by atoms with Crippen molar-refractivity contribution in [2.75, 3.05) is 7.11 Å². The Labute approximate surface area is 103 Å². The Hall–Kier alpha value is -0.840. The molecule has 0 spiro atoms. The smallest absolute Gasteiger partial charge is 0.465 e. The normalized spacial score (nSPS) is 9.50. The predicted molar refractivity (Wildman–Crippen MR) is 46.3 cm³/mol. The predicted octanol–water partition coefficient (Wildman–Crippen LogP) is -1.85. The van der Waals surface area contributed by atoms with Crippen LogP contribution in [0.4, 0.5) is 0 Å². The summed E-state index contributed by atoms with van der Waals surface area (Å²) in [5.41, 5.74) is 2.06. The van der Waals surface area contributed by atoms with Gasteiger partial charge in [0.05, 0.1) is 7.11 Å². The molecule has 0 amide bonds. The first kappa shape index (κ1) is 11.2. The number of hydrogen-bond acceptors (Lipinski definition) is 3. The maximum Gasteiger partial charge on any atom is 1.00 e. The molecule has 0 fully saturated rings. The first-order valence-corrected chi connectivity index (χ1v) is 3.75. The van der Waals surface area contributed by atoms with E-state index < -0.39 is 0 Å². The number of H-pyrrole nitrogens is 1. The Balaban J connectivity index is 0.000000980. The van der Waals surface area contributed by atoms with Gasteiger partial charge in [0.1, 0.15) is 0 Å². The zero-order valence-electron chi connectivity index (χ0n) is 8.00. The second kappa shape index (κ2) is 4.59. The van der Waals surface area contributed by atoms with Crippen molar-refractivity contribution >= 4 is 17.0 Å². The van der Waals surface area contributed by atoms with Gasteiger partial charge >= 0.3 is 35.5 Å². The summed E-state index contributed by atoms with van der Waals surface area (Å²) in [4.78, 5) is 17.8. The van der Waals surface area contributed by atoms with Crippen molar-refractivity contribution in [2.24, 2.45) is 0 Å². The third kappa shape index (κ3) is 1.97. The summed E-state index contributed by atoms with van der Waals surface area (Å²) in [5, 5.41) is 0. The molecule has 0 bridgehead atoms. The van der Waals surface area contributed by atoms with Gasteiger partial charge in [-0.15, -0.1) is 6.07 Å². The minimum Gasteiger partial charge on any atom is -0.465 e. The van der Waals surface area contributed by atoms with Crippen LogP contribution in [0.1, 0.15) is 10.4 Å². The maximum absolute atomic E-state index is 11.1. The number of aromatic nitrogens is 2. The van der Waals surface area contributed by atoms with E-state index in [4.69, 9.17) is 0 Å². The van der Waals surface area contributed by atoms with Crippen molar-refractivity contribution in [1.82, 2.24) is 9.97 Å². The number of ether oxygens (including phenoxy) is 1. The number of carbonyl (C=O) groups excluding carboxylic acids is 1. The van der Waals surface area contributed by atoms with Crippen LogP contribution in [0.2, 0.25) is 0 Å². The number of fused-ring (bicyclic) bond motifs is 1. The fraction of sp³-hybridized carbons (Fsp3) is 0.111. The molecule has 0 saturated carbocycles. The molecule has 5 heteroatoms. The molecule has 66 valence electrons. The van der Waals surface area contributed by atoms with Crippen molar-refractivity contribution in [2.45, 2.75) is 0 Å². The standard InChI is InChI=1S/C9H7N2O2.Na/c1-13-9(12)6-2-3-7-8(4-6)11-5-10-7;/h2-4H,1H3,(H,10,11);/q-1;+1. The van der Waals surface area contributed by atoms with Crippen LogP contribution in [0.5, 0.6) is 0 Å². The van der Waals surface area contributed by atoms with E-state index in [9.17, 15) is 4.79 Å². The van der Waals surface area contributed by atoms with Gasteiger partial charge in [0.2, 0.25) is 0 Å². The summed E-state index contributed by atoms with van der Waals surface area (Å²) in [5.74, 6) is -0.357. The number of nitrogens with zero attached hydrogens (tertiary/aromatic N) is 1. The zero-order valence-corrected chi connectivity index (χ0v) is 10.00. The molecule has 0 aliphatic heterocycles. The van der Waals surface area contributed by atoms with Gasteiger partial charge in [0, 0.05) is 5.56 Å². The Morgan fingerprint density at radius 3 is 3.07 bits per heavy atom. The number of nitrogens with one attached hydrogen (secondary N) is 1. The van der Waals surface area contributed by atoms with Gasteiger partial charge in [-0.3, -0.25) is 0 Å². The van der Waals surface area contributed by atoms with Crippen molar-refractivity contribution in [3.05, 3.63) is 30.1 Å². The molecule has 0 radical (unpaired) electrons. The molecular formula is C9H7N2NaO2. The van der Waals surface area contributed by atoms with Crippen LogP contribution < -0.4 is 29.6 Å². The van der Waals surface area contributed by atoms with Crippen molar-refractivity contribution in [3.63, 3.8) is 0 Å². The topological polar surface area (TPSA) is 55.0 Å². The molecule has 4 nitrogen and oxygen atoms in total. The summed E-state index contributed by atoms with van der Waals surface area (Å²) < 4.78 is 4.57. The average molecular weight is 198 g/mol. The Kier molecular flexibility index (Phi) is 3.69. The molecule has 0 aliphatic carbocycles. The minimum atomic E-state index is -0.357. The van der Waals surface area contributed by atoms with Crippen LogP contribution in [0, 0.1) is 6.33 Å². The summed E-state index contributed by atoms with van der Waals surface area (Å²) in [7, 11) is 1.35. The Morgan fingerprint density at radius 2 is 2.36 bits per heavy atom. The molecule has 1 aromatic carbocycles. The van der Waals surface area contributed by atoms with Crippen molar-refractivity contribution in [1.29, 1.82) is 0 Å². The zero-order chi connectivity index (χ0) is 9.26. The second-order valence-electron chi connectivity index (χ2n) is 2.57. The van der Waals surface area contributed by atoms with Crippen LogP contribution >= 0.6 is 0 Å². The summed E-state index contributed by atoms with van der Waals surface area (Å²) in [6, 6.07) is 5.11. The van der Waals surface area contributed by atoms with Gasteiger partial charge in [-0.2, -0.15) is 0 Å².